The van der Waals surface area contributed by atoms with Crippen molar-refractivity contribution >= 4 is 13.7 Å². The van der Waals surface area contributed by atoms with Crippen molar-refractivity contribution < 1.29 is 32.9 Å². The predicted octanol–water partition coefficient (Wildman–Crippen LogP) is 10.2. The van der Waals surface area contributed by atoms with E-state index in [0.29, 0.717) is 30.3 Å². The molecule has 3 unspecified atom stereocenters. The van der Waals surface area contributed by atoms with Crippen LogP contribution in [0.1, 0.15) is 123 Å². The standard InChI is InChI=1S/C44H75N2O6P/c1-6-8-10-12-13-14-15-16-17-18-19-20-21-22-23-24-25-26-27-28-29-30-31-32-33-34-36-38-44(48)45-42(43(47)37-35-11-9-7-2)41-52-53(49,50)51-40-39-46(3,4)5/h8,10,13-14,16-17,19-20,22-23,25-26,28-29,31-32,42-43,47H,6-7,9,11-12,15,18,21,24,27,30,33-41H2,1-5H3,(H-,45,48,49,50)/b10-8-,14-13-,17-16-,20-19-,23-22-,26-25-,29-28-,32-31-. The van der Waals surface area contributed by atoms with Crippen molar-refractivity contribution in [3.8, 4) is 0 Å². The van der Waals surface area contributed by atoms with Crippen molar-refractivity contribution in [2.75, 3.05) is 40.9 Å². The second-order valence-corrected chi connectivity index (χ2v) is 15.7. The van der Waals surface area contributed by atoms with Gasteiger partial charge < -0.3 is 28.8 Å². The number of rotatable bonds is 34. The second-order valence-electron chi connectivity index (χ2n) is 14.3. The lowest BCUT2D eigenvalue weighted by molar-refractivity contribution is -0.870. The van der Waals surface area contributed by atoms with Crippen molar-refractivity contribution in [3.05, 3.63) is 97.2 Å². The molecule has 0 aromatic rings. The molecule has 0 radical (unpaired) electrons. The Kier molecular flexibility index (Phi) is 33.4. The minimum Gasteiger partial charge on any atom is -0.756 e. The highest BCUT2D eigenvalue weighted by Crippen LogP contribution is 2.38. The van der Waals surface area contributed by atoms with Gasteiger partial charge in [0.05, 0.1) is 39.9 Å². The van der Waals surface area contributed by atoms with E-state index in [9.17, 15) is 19.4 Å². The number of nitrogens with zero attached hydrogens (tertiary/aromatic N) is 1. The number of hydrogen-bond donors (Lipinski definition) is 2. The first-order chi connectivity index (χ1) is 25.5. The Labute approximate surface area is 324 Å². The molecule has 0 saturated heterocycles. The summed E-state index contributed by atoms with van der Waals surface area (Å²) in [6.45, 7) is 4.39. The number of nitrogens with one attached hydrogen (secondary N) is 1. The van der Waals surface area contributed by atoms with E-state index in [1.165, 1.54) is 0 Å². The molecule has 0 aliphatic heterocycles. The number of aliphatic hydroxyl groups excluding tert-OH is 1. The molecule has 0 heterocycles. The Balaban J connectivity index is 4.21. The lowest BCUT2D eigenvalue weighted by Crippen LogP contribution is -2.46. The minimum absolute atomic E-state index is 0.00404. The number of carbonyl (C=O) groups is 1. The van der Waals surface area contributed by atoms with Gasteiger partial charge in [0.2, 0.25) is 5.91 Å². The van der Waals surface area contributed by atoms with Gasteiger partial charge in [0.25, 0.3) is 7.82 Å². The highest BCUT2D eigenvalue weighted by Gasteiger charge is 2.24. The summed E-state index contributed by atoms with van der Waals surface area (Å²) in [4.78, 5) is 25.0. The summed E-state index contributed by atoms with van der Waals surface area (Å²) in [6.07, 6.45) is 49.1. The zero-order valence-corrected chi connectivity index (χ0v) is 34.8. The van der Waals surface area contributed by atoms with Gasteiger partial charge in [-0.3, -0.25) is 9.36 Å². The molecule has 0 aliphatic carbocycles. The summed E-state index contributed by atoms with van der Waals surface area (Å²) >= 11 is 0. The fourth-order valence-electron chi connectivity index (χ4n) is 4.87. The zero-order valence-electron chi connectivity index (χ0n) is 33.9. The van der Waals surface area contributed by atoms with Gasteiger partial charge in [-0.15, -0.1) is 0 Å². The predicted molar refractivity (Wildman–Crippen MR) is 223 cm³/mol. The first-order valence-electron chi connectivity index (χ1n) is 20.1. The summed E-state index contributed by atoms with van der Waals surface area (Å²) in [6, 6.07) is -0.826. The average molecular weight is 759 g/mol. The minimum atomic E-state index is -4.56. The van der Waals surface area contributed by atoms with Crippen molar-refractivity contribution in [3.63, 3.8) is 0 Å². The smallest absolute Gasteiger partial charge is 0.268 e. The molecule has 2 N–H and O–H groups in total. The first kappa shape index (κ1) is 50.4. The zero-order chi connectivity index (χ0) is 39.3. The van der Waals surface area contributed by atoms with Gasteiger partial charge in [0, 0.05) is 6.42 Å². The molecule has 8 nitrogen and oxygen atoms in total. The van der Waals surface area contributed by atoms with Crippen LogP contribution in [0.25, 0.3) is 0 Å². The van der Waals surface area contributed by atoms with Crippen molar-refractivity contribution in [1.29, 1.82) is 0 Å². The molecule has 302 valence electrons. The fourth-order valence-corrected chi connectivity index (χ4v) is 5.60. The molecule has 0 aromatic heterocycles. The number of likely N-dealkylation sites (N-methyl/N-ethyl adjacent to an activating group) is 1. The number of unbranched alkanes of at least 4 members (excludes halogenated alkanes) is 5. The quantitative estimate of drug-likeness (QED) is 0.0293. The summed E-state index contributed by atoms with van der Waals surface area (Å²) in [5.74, 6) is -0.223. The largest absolute Gasteiger partial charge is 0.756 e. The Bertz CT molecular complexity index is 1180. The van der Waals surface area contributed by atoms with Crippen LogP contribution in [0.15, 0.2) is 97.2 Å². The van der Waals surface area contributed by atoms with Crippen LogP contribution in [0.3, 0.4) is 0 Å². The average Bonchev–Trinajstić information content (AvgIpc) is 3.10. The molecule has 0 bridgehead atoms. The van der Waals surface area contributed by atoms with E-state index in [4.69, 9.17) is 9.05 Å². The highest BCUT2D eigenvalue weighted by atomic mass is 31.2. The number of amides is 1. The third-order valence-electron chi connectivity index (χ3n) is 8.09. The van der Waals surface area contributed by atoms with E-state index in [1.807, 2.05) is 21.1 Å². The van der Waals surface area contributed by atoms with Gasteiger partial charge in [0.15, 0.2) is 0 Å². The van der Waals surface area contributed by atoms with Crippen LogP contribution < -0.4 is 10.2 Å². The van der Waals surface area contributed by atoms with E-state index in [0.717, 1.165) is 89.9 Å². The van der Waals surface area contributed by atoms with Gasteiger partial charge in [0.1, 0.15) is 13.2 Å². The van der Waals surface area contributed by atoms with Gasteiger partial charge >= 0.3 is 0 Å². The van der Waals surface area contributed by atoms with Gasteiger partial charge in [-0.1, -0.05) is 137 Å². The number of carbonyl (C=O) groups excluding carboxylic acids is 1. The summed E-state index contributed by atoms with van der Waals surface area (Å²) in [5.41, 5.74) is 0. The maximum Gasteiger partial charge on any atom is 0.268 e. The van der Waals surface area contributed by atoms with Crippen LogP contribution in [0.4, 0.5) is 0 Å². The molecule has 0 fully saturated rings. The Morgan fingerprint density at radius 1 is 0.679 bits per heavy atom. The molecule has 0 saturated carbocycles. The van der Waals surface area contributed by atoms with Gasteiger partial charge in [-0.05, 0) is 77.0 Å². The molecular formula is C44H75N2O6P. The van der Waals surface area contributed by atoms with Crippen LogP contribution >= 0.6 is 7.82 Å². The number of phosphoric acid groups is 1. The number of phosphoric ester groups is 1. The Morgan fingerprint density at radius 3 is 1.60 bits per heavy atom. The molecule has 0 spiro atoms. The fraction of sp³-hybridized carbons (Fsp3) is 0.614. The second kappa shape index (κ2) is 35.1. The maximum absolute atomic E-state index is 12.7. The third kappa shape index (κ3) is 37.5. The molecule has 1 amide bonds. The van der Waals surface area contributed by atoms with Crippen molar-refractivity contribution in [2.45, 2.75) is 135 Å². The van der Waals surface area contributed by atoms with Crippen molar-refractivity contribution in [1.82, 2.24) is 5.32 Å². The highest BCUT2D eigenvalue weighted by molar-refractivity contribution is 7.45. The summed E-state index contributed by atoms with van der Waals surface area (Å²) in [7, 11) is 1.25. The molecular weight excluding hydrogens is 683 g/mol. The number of hydrogen-bond acceptors (Lipinski definition) is 6. The number of quaternary nitrogens is 1. The monoisotopic (exact) mass is 759 g/mol. The van der Waals surface area contributed by atoms with E-state index in [1.54, 1.807) is 0 Å². The lowest BCUT2D eigenvalue weighted by Gasteiger charge is -2.30. The normalized spacial score (nSPS) is 15.5. The van der Waals surface area contributed by atoms with E-state index in [2.05, 4.69) is 116 Å². The van der Waals surface area contributed by atoms with E-state index < -0.39 is 20.0 Å². The summed E-state index contributed by atoms with van der Waals surface area (Å²) in [5, 5.41) is 13.6. The molecule has 0 aromatic carbocycles. The molecule has 9 heteroatoms. The molecule has 0 aliphatic rings. The van der Waals surface area contributed by atoms with Crippen LogP contribution in [-0.4, -0.2) is 68.5 Å². The van der Waals surface area contributed by atoms with E-state index in [-0.39, 0.29) is 19.1 Å². The van der Waals surface area contributed by atoms with Crippen LogP contribution in [-0.2, 0) is 18.4 Å². The first-order valence-corrected chi connectivity index (χ1v) is 21.5. The topological polar surface area (TPSA) is 108 Å². The van der Waals surface area contributed by atoms with Gasteiger partial charge in [-0.25, -0.2) is 0 Å². The number of aliphatic hydroxyl groups is 1. The van der Waals surface area contributed by atoms with Gasteiger partial charge in [-0.2, -0.15) is 0 Å². The lowest BCUT2D eigenvalue weighted by atomic mass is 10.0. The van der Waals surface area contributed by atoms with Crippen LogP contribution in [0.5, 0.6) is 0 Å². The third-order valence-corrected chi connectivity index (χ3v) is 9.05. The molecule has 0 rings (SSSR count). The Hall–Kier alpha value is -2.58. The SMILES string of the molecule is CC/C=C\C/C=C\C/C=C\C/C=C\C/C=C\C/C=C\C/C=C\C/C=C\CCCCC(=O)NC(COP(=O)([O-])OCC[N+](C)(C)C)C(O)CCCCCC. The number of allylic oxidation sites excluding steroid dienone is 16. The maximum atomic E-state index is 12.7. The summed E-state index contributed by atoms with van der Waals surface area (Å²) < 4.78 is 22.9. The molecule has 3 atom stereocenters. The van der Waals surface area contributed by atoms with Crippen molar-refractivity contribution in [2.24, 2.45) is 0 Å². The Morgan fingerprint density at radius 2 is 1.15 bits per heavy atom. The van der Waals surface area contributed by atoms with Crippen LogP contribution in [0, 0.1) is 0 Å². The van der Waals surface area contributed by atoms with E-state index >= 15 is 0 Å². The molecule has 53 heavy (non-hydrogen) atoms. The van der Waals surface area contributed by atoms with Crippen LogP contribution in [0.2, 0.25) is 0 Å².